The van der Waals surface area contributed by atoms with Gasteiger partial charge in [0.2, 0.25) is 5.91 Å². The van der Waals surface area contributed by atoms with Gasteiger partial charge in [-0.25, -0.2) is 0 Å². The molecule has 3 aromatic carbocycles. The summed E-state index contributed by atoms with van der Waals surface area (Å²) < 4.78 is 47.3. The highest BCUT2D eigenvalue weighted by Crippen LogP contribution is 2.34. The van der Waals surface area contributed by atoms with Gasteiger partial charge in [0.25, 0.3) is 0 Å². The van der Waals surface area contributed by atoms with Gasteiger partial charge < -0.3 is 10.1 Å². The fraction of sp³-hybridized carbons (Fsp3) is 0.160. The lowest BCUT2D eigenvalue weighted by Gasteiger charge is -2.14. The van der Waals surface area contributed by atoms with Crippen LogP contribution in [0.1, 0.15) is 17.0 Å². The van der Waals surface area contributed by atoms with Crippen LogP contribution < -0.4 is 10.1 Å². The first-order valence-corrected chi connectivity index (χ1v) is 12.1. The predicted molar refractivity (Wildman–Crippen MR) is 133 cm³/mol. The number of carbonyl (C=O) groups is 1. The van der Waals surface area contributed by atoms with Gasteiger partial charge in [-0.15, -0.1) is 10.2 Å². The van der Waals surface area contributed by atoms with E-state index in [1.807, 2.05) is 31.2 Å². The molecule has 0 aliphatic heterocycles. The monoisotopic (exact) mass is 532 g/mol. The van der Waals surface area contributed by atoms with E-state index in [0.717, 1.165) is 23.4 Å². The molecule has 4 aromatic rings. The van der Waals surface area contributed by atoms with E-state index in [-0.39, 0.29) is 18.0 Å². The van der Waals surface area contributed by atoms with E-state index in [0.29, 0.717) is 27.4 Å². The number of benzene rings is 3. The SMILES string of the molecule is Cc1ccc(OCc2nnc(SCC(=O)Nc3ccccc3C(F)(F)F)n2-c2ccc(Cl)cc2)cc1. The molecule has 0 spiro atoms. The fourth-order valence-electron chi connectivity index (χ4n) is 3.27. The molecule has 4 rings (SSSR count). The van der Waals surface area contributed by atoms with Crippen LogP contribution in [0.2, 0.25) is 5.02 Å². The number of nitrogens with zero attached hydrogens (tertiary/aromatic N) is 3. The molecular formula is C25H20ClF3N4O2S. The number of amides is 1. The summed E-state index contributed by atoms with van der Waals surface area (Å²) in [5.41, 5.74) is 0.573. The maximum Gasteiger partial charge on any atom is 0.418 e. The summed E-state index contributed by atoms with van der Waals surface area (Å²) >= 11 is 7.07. The lowest BCUT2D eigenvalue weighted by atomic mass is 10.1. The lowest BCUT2D eigenvalue weighted by molar-refractivity contribution is -0.137. The van der Waals surface area contributed by atoms with Crippen molar-refractivity contribution in [3.8, 4) is 11.4 Å². The van der Waals surface area contributed by atoms with E-state index >= 15 is 0 Å². The van der Waals surface area contributed by atoms with Gasteiger partial charge in [0.1, 0.15) is 12.4 Å². The molecule has 0 bridgehead atoms. The van der Waals surface area contributed by atoms with Crippen LogP contribution in [0, 0.1) is 6.92 Å². The molecule has 0 radical (unpaired) electrons. The number of nitrogens with one attached hydrogen (secondary N) is 1. The molecule has 0 unspecified atom stereocenters. The first-order chi connectivity index (χ1) is 17.2. The number of hydrogen-bond donors (Lipinski definition) is 1. The third kappa shape index (κ3) is 6.38. The van der Waals surface area contributed by atoms with E-state index in [9.17, 15) is 18.0 Å². The highest BCUT2D eigenvalue weighted by Gasteiger charge is 2.33. The first-order valence-electron chi connectivity index (χ1n) is 10.7. The molecule has 0 saturated heterocycles. The molecule has 1 amide bonds. The third-order valence-corrected chi connectivity index (χ3v) is 6.19. The lowest BCUT2D eigenvalue weighted by Crippen LogP contribution is -2.18. The number of aryl methyl sites for hydroxylation is 1. The molecule has 0 atom stereocenters. The Morgan fingerprint density at radius 1 is 1.03 bits per heavy atom. The van der Waals surface area contributed by atoms with Crippen LogP contribution in [-0.2, 0) is 17.6 Å². The van der Waals surface area contributed by atoms with Crippen molar-refractivity contribution in [2.45, 2.75) is 24.9 Å². The number of aromatic nitrogens is 3. The Morgan fingerprint density at radius 3 is 2.42 bits per heavy atom. The largest absolute Gasteiger partial charge is 0.486 e. The Bertz CT molecular complexity index is 1340. The fourth-order valence-corrected chi connectivity index (χ4v) is 4.17. The van der Waals surface area contributed by atoms with Gasteiger partial charge in [-0.05, 0) is 55.5 Å². The van der Waals surface area contributed by atoms with Gasteiger partial charge in [-0.3, -0.25) is 9.36 Å². The van der Waals surface area contributed by atoms with Crippen molar-refractivity contribution in [1.29, 1.82) is 0 Å². The van der Waals surface area contributed by atoms with Crippen LogP contribution in [0.3, 0.4) is 0 Å². The van der Waals surface area contributed by atoms with Crippen molar-refractivity contribution < 1.29 is 22.7 Å². The van der Waals surface area contributed by atoms with Crippen molar-refractivity contribution in [3.05, 3.63) is 94.8 Å². The minimum absolute atomic E-state index is 0.102. The van der Waals surface area contributed by atoms with Crippen LogP contribution in [0.25, 0.3) is 5.69 Å². The number of para-hydroxylation sites is 1. The van der Waals surface area contributed by atoms with Gasteiger partial charge in [-0.2, -0.15) is 13.2 Å². The summed E-state index contributed by atoms with van der Waals surface area (Å²) in [7, 11) is 0. The van der Waals surface area contributed by atoms with Crippen molar-refractivity contribution >= 4 is 35.0 Å². The molecule has 186 valence electrons. The third-order valence-electron chi connectivity index (χ3n) is 5.01. The summed E-state index contributed by atoms with van der Waals surface area (Å²) in [6.07, 6.45) is -4.59. The van der Waals surface area contributed by atoms with Crippen LogP contribution in [0.15, 0.2) is 78.0 Å². The Morgan fingerprint density at radius 2 is 1.72 bits per heavy atom. The molecule has 6 nitrogen and oxygen atoms in total. The van der Waals surface area contributed by atoms with Crippen LogP contribution in [0.5, 0.6) is 5.75 Å². The van der Waals surface area contributed by atoms with Gasteiger partial charge in [0.05, 0.1) is 17.0 Å². The van der Waals surface area contributed by atoms with Crippen LogP contribution >= 0.6 is 23.4 Å². The zero-order valence-corrected chi connectivity index (χ0v) is 20.5. The number of ether oxygens (including phenoxy) is 1. The maximum atomic E-state index is 13.2. The second kappa shape index (κ2) is 11.0. The van der Waals surface area contributed by atoms with Crippen molar-refractivity contribution in [3.63, 3.8) is 0 Å². The van der Waals surface area contributed by atoms with E-state index in [1.165, 1.54) is 18.2 Å². The smallest absolute Gasteiger partial charge is 0.418 e. The Hall–Kier alpha value is -3.50. The van der Waals surface area contributed by atoms with Crippen molar-refractivity contribution in [2.24, 2.45) is 0 Å². The van der Waals surface area contributed by atoms with Gasteiger partial charge >= 0.3 is 6.18 Å². The number of alkyl halides is 3. The van der Waals surface area contributed by atoms with Crippen LogP contribution in [-0.4, -0.2) is 26.4 Å². The molecule has 1 N–H and O–H groups in total. The molecule has 0 aliphatic rings. The number of hydrogen-bond acceptors (Lipinski definition) is 5. The molecule has 36 heavy (non-hydrogen) atoms. The average molecular weight is 533 g/mol. The molecule has 0 fully saturated rings. The summed E-state index contributed by atoms with van der Waals surface area (Å²) in [5.74, 6) is 0.336. The topological polar surface area (TPSA) is 69.0 Å². The van der Waals surface area contributed by atoms with Gasteiger partial charge in [0.15, 0.2) is 11.0 Å². The zero-order valence-electron chi connectivity index (χ0n) is 18.9. The summed E-state index contributed by atoms with van der Waals surface area (Å²) in [6.45, 7) is 2.08. The van der Waals surface area contributed by atoms with E-state index < -0.39 is 17.6 Å². The average Bonchev–Trinajstić information content (AvgIpc) is 3.25. The Kier molecular flexibility index (Phi) is 7.85. The molecule has 1 aromatic heterocycles. The number of anilines is 1. The molecule has 0 saturated carbocycles. The second-order valence-electron chi connectivity index (χ2n) is 7.69. The first kappa shape index (κ1) is 25.6. The van der Waals surface area contributed by atoms with Crippen molar-refractivity contribution in [1.82, 2.24) is 14.8 Å². The van der Waals surface area contributed by atoms with E-state index in [4.69, 9.17) is 16.3 Å². The minimum atomic E-state index is -4.59. The maximum absolute atomic E-state index is 13.2. The van der Waals surface area contributed by atoms with E-state index in [1.54, 1.807) is 28.8 Å². The van der Waals surface area contributed by atoms with Gasteiger partial charge in [0, 0.05) is 10.7 Å². The number of rotatable bonds is 8. The quantitative estimate of drug-likeness (QED) is 0.260. The normalized spacial score (nSPS) is 11.4. The van der Waals surface area contributed by atoms with E-state index in [2.05, 4.69) is 15.5 Å². The highest BCUT2D eigenvalue weighted by molar-refractivity contribution is 7.99. The molecular weight excluding hydrogens is 513 g/mol. The van der Waals surface area contributed by atoms with Gasteiger partial charge in [-0.1, -0.05) is 53.2 Å². The summed E-state index contributed by atoms with van der Waals surface area (Å²) in [6, 6.07) is 19.3. The zero-order chi connectivity index (χ0) is 25.7. The molecule has 0 aliphatic carbocycles. The standard InChI is InChI=1S/C25H20ClF3N4O2S/c1-16-6-12-19(13-7-16)35-14-22-31-32-24(33(22)18-10-8-17(26)9-11-18)36-15-23(34)30-21-5-3-2-4-20(21)25(27,28)29/h2-13H,14-15H2,1H3,(H,30,34). The minimum Gasteiger partial charge on any atom is -0.486 e. The molecule has 11 heteroatoms. The summed E-state index contributed by atoms with van der Waals surface area (Å²) in [5, 5.41) is 11.6. The Balaban J connectivity index is 1.52. The second-order valence-corrected chi connectivity index (χ2v) is 9.07. The van der Waals surface area contributed by atoms with Crippen molar-refractivity contribution in [2.75, 3.05) is 11.1 Å². The number of carbonyl (C=O) groups excluding carboxylic acids is 1. The predicted octanol–water partition coefficient (Wildman–Crippen LogP) is 6.56. The van der Waals surface area contributed by atoms with Crippen LogP contribution in [0.4, 0.5) is 18.9 Å². The Labute approximate surface area is 214 Å². The highest BCUT2D eigenvalue weighted by atomic mass is 35.5. The number of thioether (sulfide) groups is 1. The molecule has 1 heterocycles. The summed E-state index contributed by atoms with van der Waals surface area (Å²) in [4.78, 5) is 12.5. The number of halogens is 4.